The average molecular weight is 551 g/mol. The molecule has 2 aromatic heterocycles. The maximum absolute atomic E-state index is 13.2. The molecular weight excluding hydrogens is 524 g/mol. The molecule has 38 heavy (non-hydrogen) atoms. The zero-order valence-corrected chi connectivity index (χ0v) is 22.4. The predicted octanol–water partition coefficient (Wildman–Crippen LogP) is 5.18. The number of carbonyl (C=O) groups excluding carboxylic acids is 2. The Morgan fingerprint density at radius 1 is 1.05 bits per heavy atom. The monoisotopic (exact) mass is 550 g/mol. The summed E-state index contributed by atoms with van der Waals surface area (Å²) < 4.78 is 11.1. The van der Waals surface area contributed by atoms with Crippen molar-refractivity contribution in [2.45, 2.75) is 18.8 Å². The summed E-state index contributed by atoms with van der Waals surface area (Å²) in [7, 11) is 1.60. The first kappa shape index (κ1) is 25.9. The molecule has 1 fully saturated rings. The highest BCUT2D eigenvalue weighted by atomic mass is 35.5. The number of rotatable bonds is 8. The lowest BCUT2D eigenvalue weighted by molar-refractivity contribution is 0.0707. The molecule has 10 heteroatoms. The first-order chi connectivity index (χ1) is 18.5. The Hall–Kier alpha value is -3.69. The number of hydrogen-bond acceptors (Lipinski definition) is 7. The number of para-hydroxylation sites is 2. The molecule has 0 saturated carbocycles. The van der Waals surface area contributed by atoms with Crippen LogP contribution in [0.5, 0.6) is 11.5 Å². The van der Waals surface area contributed by atoms with Gasteiger partial charge >= 0.3 is 0 Å². The summed E-state index contributed by atoms with van der Waals surface area (Å²) in [6, 6.07) is 16.5. The molecule has 1 saturated heterocycles. The van der Waals surface area contributed by atoms with Gasteiger partial charge in [-0.2, -0.15) is 0 Å². The van der Waals surface area contributed by atoms with Crippen LogP contribution in [0.4, 0.5) is 0 Å². The molecule has 1 aliphatic rings. The lowest BCUT2D eigenvalue weighted by atomic mass is 9.97. The third-order valence-corrected chi connectivity index (χ3v) is 7.80. The van der Waals surface area contributed by atoms with Gasteiger partial charge in [-0.1, -0.05) is 35.9 Å². The number of aromatic nitrogens is 2. The van der Waals surface area contributed by atoms with Crippen molar-refractivity contribution in [3.05, 3.63) is 81.4 Å². The SMILES string of the molecule is COc1cc(C(=O)N2CCC(c3nc(C(=O)NCCOc4ccccc4Cl)cs3)CC2)nc2ccccc12. The molecule has 5 rings (SSSR count). The first-order valence-corrected chi connectivity index (χ1v) is 13.6. The van der Waals surface area contributed by atoms with Gasteiger partial charge in [-0.25, -0.2) is 9.97 Å². The van der Waals surface area contributed by atoms with Gasteiger partial charge < -0.3 is 19.7 Å². The number of likely N-dealkylation sites (tertiary alicyclic amines) is 1. The van der Waals surface area contributed by atoms with Crippen molar-refractivity contribution in [1.29, 1.82) is 0 Å². The van der Waals surface area contributed by atoms with Gasteiger partial charge in [-0.05, 0) is 37.1 Å². The van der Waals surface area contributed by atoms with Crippen molar-refractivity contribution in [1.82, 2.24) is 20.2 Å². The second kappa shape index (κ2) is 11.8. The van der Waals surface area contributed by atoms with Crippen LogP contribution in [0.25, 0.3) is 10.9 Å². The molecule has 8 nitrogen and oxygen atoms in total. The second-order valence-corrected chi connectivity index (χ2v) is 10.2. The molecular formula is C28H27ClN4O4S. The number of hydrogen-bond donors (Lipinski definition) is 1. The number of halogens is 1. The van der Waals surface area contributed by atoms with Gasteiger partial charge in [0.15, 0.2) is 0 Å². The number of fused-ring (bicyclic) bond motifs is 1. The van der Waals surface area contributed by atoms with E-state index in [2.05, 4.69) is 15.3 Å². The maximum atomic E-state index is 13.2. The molecule has 0 aliphatic carbocycles. The number of amides is 2. The number of pyridine rings is 1. The zero-order chi connectivity index (χ0) is 26.5. The fourth-order valence-electron chi connectivity index (χ4n) is 4.47. The number of benzene rings is 2. The Kier molecular flexibility index (Phi) is 8.05. The minimum Gasteiger partial charge on any atom is -0.496 e. The van der Waals surface area contributed by atoms with Crippen LogP contribution >= 0.6 is 22.9 Å². The second-order valence-electron chi connectivity index (χ2n) is 8.90. The number of nitrogens with one attached hydrogen (secondary N) is 1. The maximum Gasteiger partial charge on any atom is 0.272 e. The van der Waals surface area contributed by atoms with E-state index in [1.165, 1.54) is 11.3 Å². The normalized spacial score (nSPS) is 13.9. The van der Waals surface area contributed by atoms with Gasteiger partial charge in [-0.3, -0.25) is 9.59 Å². The molecule has 1 aliphatic heterocycles. The van der Waals surface area contributed by atoms with E-state index in [0.29, 0.717) is 54.2 Å². The fraction of sp³-hybridized carbons (Fsp3) is 0.286. The van der Waals surface area contributed by atoms with Gasteiger partial charge in [0.05, 0.1) is 29.2 Å². The summed E-state index contributed by atoms with van der Waals surface area (Å²) in [6.07, 6.45) is 1.55. The van der Waals surface area contributed by atoms with E-state index < -0.39 is 0 Å². The zero-order valence-electron chi connectivity index (χ0n) is 20.9. The van der Waals surface area contributed by atoms with Crippen molar-refractivity contribution in [2.75, 3.05) is 33.4 Å². The summed E-state index contributed by atoms with van der Waals surface area (Å²) in [6.45, 7) is 1.84. The highest BCUT2D eigenvalue weighted by Gasteiger charge is 2.28. The first-order valence-electron chi connectivity index (χ1n) is 12.4. The quantitative estimate of drug-likeness (QED) is 0.304. The Balaban J connectivity index is 1.13. The van der Waals surface area contributed by atoms with E-state index in [0.717, 1.165) is 28.8 Å². The molecule has 4 aromatic rings. The smallest absolute Gasteiger partial charge is 0.272 e. The number of carbonyl (C=O) groups is 2. The molecule has 1 N–H and O–H groups in total. The molecule has 0 atom stereocenters. The van der Waals surface area contributed by atoms with Crippen LogP contribution in [0.2, 0.25) is 5.02 Å². The van der Waals surface area contributed by atoms with E-state index in [9.17, 15) is 9.59 Å². The summed E-state index contributed by atoms with van der Waals surface area (Å²) in [5.74, 6) is 1.08. The van der Waals surface area contributed by atoms with Gasteiger partial charge in [0.2, 0.25) is 0 Å². The molecule has 0 unspecified atom stereocenters. The molecule has 196 valence electrons. The highest BCUT2D eigenvalue weighted by Crippen LogP contribution is 2.32. The van der Waals surface area contributed by atoms with Crippen molar-refractivity contribution in [2.24, 2.45) is 0 Å². The van der Waals surface area contributed by atoms with Crippen molar-refractivity contribution >= 4 is 45.7 Å². The van der Waals surface area contributed by atoms with E-state index in [4.69, 9.17) is 21.1 Å². The van der Waals surface area contributed by atoms with Crippen LogP contribution in [-0.4, -0.2) is 60.0 Å². The summed E-state index contributed by atoms with van der Waals surface area (Å²) in [5, 5.41) is 6.94. The van der Waals surface area contributed by atoms with Crippen LogP contribution in [-0.2, 0) is 0 Å². The predicted molar refractivity (Wildman–Crippen MR) is 148 cm³/mol. The van der Waals surface area contributed by atoms with E-state index in [1.54, 1.807) is 30.7 Å². The van der Waals surface area contributed by atoms with Crippen LogP contribution in [0.15, 0.2) is 60.0 Å². The van der Waals surface area contributed by atoms with Crippen LogP contribution in [0.3, 0.4) is 0 Å². The molecule has 2 aromatic carbocycles. The largest absolute Gasteiger partial charge is 0.496 e. The molecule has 3 heterocycles. The standard InChI is InChI=1S/C28H27ClN4O4S/c1-36-25-16-22(31-21-8-4-2-6-19(21)25)28(35)33-13-10-18(11-14-33)27-32-23(17-38-27)26(34)30-12-15-37-24-9-5-3-7-20(24)29/h2-9,16-18H,10-15H2,1H3,(H,30,34). The number of methoxy groups -OCH3 is 1. The fourth-order valence-corrected chi connectivity index (χ4v) is 5.63. The number of nitrogens with zero attached hydrogens (tertiary/aromatic N) is 3. The molecule has 2 amide bonds. The Bertz CT molecular complexity index is 1450. The van der Waals surface area contributed by atoms with Gasteiger partial charge in [-0.15, -0.1) is 11.3 Å². The minimum absolute atomic E-state index is 0.106. The van der Waals surface area contributed by atoms with Crippen molar-refractivity contribution < 1.29 is 19.1 Å². The lowest BCUT2D eigenvalue weighted by Gasteiger charge is -2.31. The third kappa shape index (κ3) is 5.74. The van der Waals surface area contributed by atoms with Gasteiger partial charge in [0, 0.05) is 35.8 Å². The van der Waals surface area contributed by atoms with Crippen LogP contribution in [0.1, 0.15) is 44.7 Å². The van der Waals surface area contributed by atoms with Gasteiger partial charge in [0.1, 0.15) is 29.5 Å². The summed E-state index contributed by atoms with van der Waals surface area (Å²) in [4.78, 5) is 36.7. The molecule has 0 spiro atoms. The van der Waals surface area contributed by atoms with Crippen molar-refractivity contribution in [3.8, 4) is 11.5 Å². The molecule has 0 radical (unpaired) electrons. The number of thiazole rings is 1. The van der Waals surface area contributed by atoms with Crippen LogP contribution in [0, 0.1) is 0 Å². The Labute approximate surface area is 229 Å². The Morgan fingerprint density at radius 2 is 1.82 bits per heavy atom. The lowest BCUT2D eigenvalue weighted by Crippen LogP contribution is -2.38. The topological polar surface area (TPSA) is 93.7 Å². The average Bonchev–Trinajstić information content (AvgIpc) is 3.46. The third-order valence-electron chi connectivity index (χ3n) is 6.49. The summed E-state index contributed by atoms with van der Waals surface area (Å²) >= 11 is 7.56. The summed E-state index contributed by atoms with van der Waals surface area (Å²) in [5.41, 5.74) is 1.51. The molecule has 0 bridgehead atoms. The number of piperidine rings is 1. The van der Waals surface area contributed by atoms with E-state index >= 15 is 0 Å². The van der Waals surface area contributed by atoms with E-state index in [-0.39, 0.29) is 17.7 Å². The minimum atomic E-state index is -0.237. The van der Waals surface area contributed by atoms with Crippen LogP contribution < -0.4 is 14.8 Å². The van der Waals surface area contributed by atoms with E-state index in [1.807, 2.05) is 41.3 Å². The Morgan fingerprint density at radius 3 is 2.61 bits per heavy atom. The van der Waals surface area contributed by atoms with Crippen molar-refractivity contribution in [3.63, 3.8) is 0 Å². The number of ether oxygens (including phenoxy) is 2. The highest BCUT2D eigenvalue weighted by molar-refractivity contribution is 7.09. The van der Waals surface area contributed by atoms with Gasteiger partial charge in [0.25, 0.3) is 11.8 Å².